The van der Waals surface area contributed by atoms with E-state index in [1.54, 1.807) is 18.3 Å². The van der Waals surface area contributed by atoms with Gasteiger partial charge < -0.3 is 4.74 Å². The Balaban J connectivity index is 1.65. The van der Waals surface area contributed by atoms with Crippen molar-refractivity contribution < 1.29 is 17.5 Å². The Bertz CT molecular complexity index is 1430. The molecule has 0 saturated carbocycles. The molecule has 0 saturated heterocycles. The third-order valence-electron chi connectivity index (χ3n) is 4.45. The summed E-state index contributed by atoms with van der Waals surface area (Å²) >= 11 is 1.33. The van der Waals surface area contributed by atoms with Gasteiger partial charge in [0.05, 0.1) is 21.5 Å². The first-order valence-electron chi connectivity index (χ1n) is 9.24. The zero-order valence-corrected chi connectivity index (χ0v) is 18.2. The molecular weight excluding hydrogens is 451 g/mol. The fourth-order valence-electron chi connectivity index (χ4n) is 2.90. The van der Waals surface area contributed by atoms with E-state index in [1.807, 2.05) is 25.1 Å². The van der Waals surface area contributed by atoms with Crippen LogP contribution in [0.1, 0.15) is 11.1 Å². The van der Waals surface area contributed by atoms with Crippen LogP contribution in [0.15, 0.2) is 71.9 Å². The summed E-state index contributed by atoms with van der Waals surface area (Å²) in [4.78, 5) is 4.47. The molecule has 0 radical (unpaired) electrons. The average Bonchev–Trinajstić information content (AvgIpc) is 3.21. The van der Waals surface area contributed by atoms with Crippen molar-refractivity contribution in [1.29, 1.82) is 5.26 Å². The lowest BCUT2D eigenvalue weighted by atomic mass is 10.1. The minimum atomic E-state index is -4.05. The summed E-state index contributed by atoms with van der Waals surface area (Å²) in [6, 6.07) is 15.5. The lowest BCUT2D eigenvalue weighted by Gasteiger charge is -2.13. The number of halogens is 1. The maximum absolute atomic E-state index is 13.0. The molecule has 0 amide bonds. The molecule has 0 fully saturated rings. The summed E-state index contributed by atoms with van der Waals surface area (Å²) in [5.41, 5.74) is 1.85. The van der Waals surface area contributed by atoms with Crippen LogP contribution in [0.4, 0.5) is 10.2 Å². The van der Waals surface area contributed by atoms with Gasteiger partial charge in [0, 0.05) is 11.8 Å². The van der Waals surface area contributed by atoms with Crippen molar-refractivity contribution in [3.05, 3.63) is 83.9 Å². The maximum atomic E-state index is 13.0. The summed E-state index contributed by atoms with van der Waals surface area (Å²) < 4.78 is 50.8. The minimum absolute atomic E-state index is 0.0377. The molecule has 0 bridgehead atoms. The highest BCUT2D eigenvalue weighted by atomic mass is 32.2. The predicted octanol–water partition coefficient (Wildman–Crippen LogP) is 5.12. The van der Waals surface area contributed by atoms with Gasteiger partial charge in [0.1, 0.15) is 29.2 Å². The maximum Gasteiger partial charge on any atom is 0.263 e. The number of rotatable bonds is 6. The number of nitrogens with one attached hydrogen (secondary N) is 1. The number of ether oxygens (including phenoxy) is 1. The van der Waals surface area contributed by atoms with Crippen LogP contribution in [0.2, 0.25) is 0 Å². The first-order valence-corrected chi connectivity index (χ1v) is 11.5. The lowest BCUT2D eigenvalue weighted by molar-refractivity contribution is 0.482. The predicted molar refractivity (Wildman–Crippen MR) is 119 cm³/mol. The summed E-state index contributed by atoms with van der Waals surface area (Å²) in [5, 5.41) is 9.60. The molecule has 0 aliphatic rings. The van der Waals surface area contributed by atoms with Crippen LogP contribution in [0.25, 0.3) is 10.4 Å². The molecule has 2 aromatic heterocycles. The van der Waals surface area contributed by atoms with Crippen LogP contribution in [0, 0.1) is 24.1 Å². The molecule has 0 aliphatic heterocycles. The van der Waals surface area contributed by atoms with Crippen molar-refractivity contribution in [1.82, 2.24) is 9.36 Å². The molecule has 4 rings (SSSR count). The highest BCUT2D eigenvalue weighted by molar-refractivity contribution is 7.92. The monoisotopic (exact) mass is 466 g/mol. The third-order valence-corrected chi connectivity index (χ3v) is 6.74. The number of hydrogen-bond acceptors (Lipinski definition) is 7. The number of aryl methyl sites for hydroxylation is 1. The molecule has 0 aliphatic carbocycles. The van der Waals surface area contributed by atoms with Crippen molar-refractivity contribution in [3.63, 3.8) is 0 Å². The standard InChI is InChI=1S/C22H15FN4O3S2/c1-14-12-26-31-22(14)18-4-2-3-5-20(18)30-19-8-7-17(10-15(19)11-24)32(28,29)27-21-9-6-16(23)13-25-21/h2-10,12-13H,1H3,(H,25,27). The number of pyridine rings is 1. The van der Waals surface area contributed by atoms with Crippen LogP contribution in [-0.4, -0.2) is 17.8 Å². The Morgan fingerprint density at radius 1 is 1.09 bits per heavy atom. The summed E-state index contributed by atoms with van der Waals surface area (Å²) in [6.45, 7) is 1.94. The SMILES string of the molecule is Cc1cnsc1-c1ccccc1Oc1ccc(S(=O)(=O)Nc2ccc(F)cn2)cc1C#N. The van der Waals surface area contributed by atoms with Crippen LogP contribution in [0.3, 0.4) is 0 Å². The molecule has 2 aromatic carbocycles. The molecule has 2 heterocycles. The van der Waals surface area contributed by atoms with Crippen LogP contribution in [0.5, 0.6) is 11.5 Å². The van der Waals surface area contributed by atoms with E-state index in [0.717, 1.165) is 28.3 Å². The Hall–Kier alpha value is -3.81. The molecule has 10 heteroatoms. The van der Waals surface area contributed by atoms with Gasteiger partial charge in [0.2, 0.25) is 0 Å². The van der Waals surface area contributed by atoms with E-state index in [2.05, 4.69) is 14.1 Å². The van der Waals surface area contributed by atoms with Crippen molar-refractivity contribution in [2.24, 2.45) is 0 Å². The van der Waals surface area contributed by atoms with Gasteiger partial charge in [0.15, 0.2) is 0 Å². The number of nitrogens with zero attached hydrogens (tertiary/aromatic N) is 3. The van der Waals surface area contributed by atoms with Gasteiger partial charge in [0.25, 0.3) is 10.0 Å². The highest BCUT2D eigenvalue weighted by Gasteiger charge is 2.19. The normalized spacial score (nSPS) is 11.0. The smallest absolute Gasteiger partial charge is 0.263 e. The summed E-state index contributed by atoms with van der Waals surface area (Å²) in [5.74, 6) is 0.0932. The second-order valence-electron chi connectivity index (χ2n) is 6.67. The van der Waals surface area contributed by atoms with E-state index in [1.165, 1.54) is 35.8 Å². The van der Waals surface area contributed by atoms with E-state index in [4.69, 9.17) is 4.74 Å². The number of benzene rings is 2. The molecule has 7 nitrogen and oxygen atoms in total. The van der Waals surface area contributed by atoms with Gasteiger partial charge in [-0.05, 0) is 66.5 Å². The number of nitriles is 1. The Morgan fingerprint density at radius 2 is 1.91 bits per heavy atom. The molecule has 4 aromatic rings. The van der Waals surface area contributed by atoms with Crippen LogP contribution >= 0.6 is 11.5 Å². The number of aromatic nitrogens is 2. The van der Waals surface area contributed by atoms with Crippen molar-refractivity contribution in [2.75, 3.05) is 4.72 Å². The molecule has 1 N–H and O–H groups in total. The van der Waals surface area contributed by atoms with Gasteiger partial charge >= 0.3 is 0 Å². The van der Waals surface area contributed by atoms with Gasteiger partial charge in [-0.25, -0.2) is 22.2 Å². The van der Waals surface area contributed by atoms with E-state index in [-0.39, 0.29) is 22.0 Å². The fourth-order valence-corrected chi connectivity index (χ4v) is 4.71. The highest BCUT2D eigenvalue weighted by Crippen LogP contribution is 2.38. The number of hydrogen-bond donors (Lipinski definition) is 1. The molecule has 0 spiro atoms. The van der Waals surface area contributed by atoms with Gasteiger partial charge in [-0.3, -0.25) is 4.72 Å². The zero-order valence-electron chi connectivity index (χ0n) is 16.6. The Kier molecular flexibility index (Phi) is 5.85. The molecule has 0 atom stereocenters. The van der Waals surface area contributed by atoms with Gasteiger partial charge in [-0.1, -0.05) is 12.1 Å². The molecule has 32 heavy (non-hydrogen) atoms. The first kappa shape index (κ1) is 21.4. The van der Waals surface area contributed by atoms with Crippen LogP contribution < -0.4 is 9.46 Å². The second-order valence-corrected chi connectivity index (χ2v) is 9.16. The van der Waals surface area contributed by atoms with Crippen molar-refractivity contribution >= 4 is 27.4 Å². The van der Waals surface area contributed by atoms with Crippen molar-refractivity contribution in [2.45, 2.75) is 11.8 Å². The zero-order chi connectivity index (χ0) is 22.7. The summed E-state index contributed by atoms with van der Waals surface area (Å²) in [6.07, 6.45) is 2.66. The molecule has 160 valence electrons. The van der Waals surface area contributed by atoms with Crippen molar-refractivity contribution in [3.8, 4) is 28.0 Å². The number of para-hydroxylation sites is 1. The van der Waals surface area contributed by atoms with E-state index < -0.39 is 15.8 Å². The third kappa shape index (κ3) is 4.44. The molecule has 0 unspecified atom stereocenters. The Labute approximate surface area is 188 Å². The number of anilines is 1. The topological polar surface area (TPSA) is 105 Å². The average molecular weight is 467 g/mol. The van der Waals surface area contributed by atoms with Gasteiger partial charge in [-0.2, -0.15) is 5.26 Å². The first-order chi connectivity index (χ1) is 15.4. The largest absolute Gasteiger partial charge is 0.455 e. The van der Waals surface area contributed by atoms with Crippen LogP contribution in [-0.2, 0) is 10.0 Å². The lowest BCUT2D eigenvalue weighted by Crippen LogP contribution is -2.14. The second kappa shape index (κ2) is 8.74. The fraction of sp³-hybridized carbons (Fsp3) is 0.0455. The van der Waals surface area contributed by atoms with E-state index in [0.29, 0.717) is 5.75 Å². The van der Waals surface area contributed by atoms with E-state index in [9.17, 15) is 18.1 Å². The summed E-state index contributed by atoms with van der Waals surface area (Å²) in [7, 11) is -4.05. The number of sulfonamides is 1. The quantitative estimate of drug-likeness (QED) is 0.423. The van der Waals surface area contributed by atoms with Gasteiger partial charge in [-0.15, -0.1) is 0 Å². The Morgan fingerprint density at radius 3 is 2.59 bits per heavy atom. The minimum Gasteiger partial charge on any atom is -0.455 e. The molecular formula is C22H15FN4O3S2. The van der Waals surface area contributed by atoms with E-state index >= 15 is 0 Å².